The summed E-state index contributed by atoms with van der Waals surface area (Å²) >= 11 is 10.5. The second kappa shape index (κ2) is 56.0. The van der Waals surface area contributed by atoms with E-state index in [0.29, 0.717) is 0 Å². The second-order valence-electron chi connectivity index (χ2n) is 38.8. The summed E-state index contributed by atoms with van der Waals surface area (Å²) in [5, 5.41) is 2.30. The molecule has 0 saturated carbocycles. The Morgan fingerprint density at radius 2 is 0.516 bits per heavy atom. The number of aryl methyl sites for hydroxylation is 4. The van der Waals surface area contributed by atoms with Crippen LogP contribution in [0, 0.1) is 13.8 Å². The summed E-state index contributed by atoms with van der Waals surface area (Å²) in [6.45, 7) is 18.7. The molecule has 2 aliphatic rings. The highest BCUT2D eigenvalue weighted by Crippen LogP contribution is 2.64. The number of aromatic nitrogens is 6. The number of fused-ring (bicyclic) bond motifs is 11. The van der Waals surface area contributed by atoms with Gasteiger partial charge in [-0.15, -0.1) is 22.7 Å². The Bertz CT molecular complexity index is 4260. The molecule has 0 unspecified atom stereocenters. The van der Waals surface area contributed by atoms with Gasteiger partial charge in [0.15, 0.2) is 9.66 Å². The molecule has 0 fully saturated rings. The van der Waals surface area contributed by atoms with Crippen LogP contribution in [-0.4, -0.2) is 27.5 Å². The topological polar surface area (TPSA) is 77.3 Å². The van der Waals surface area contributed by atoms with Gasteiger partial charge in [-0.3, -0.25) is 0 Å². The first-order valence-electron chi connectivity index (χ1n) is 52.5. The molecule has 0 N–H and O–H groups in total. The van der Waals surface area contributed by atoms with E-state index in [1.807, 2.05) is 45.3 Å². The van der Waals surface area contributed by atoms with E-state index in [9.17, 15) is 0 Å². The fourth-order valence-corrected chi connectivity index (χ4v) is 27.3. The van der Waals surface area contributed by atoms with Crippen LogP contribution in [0.4, 0.5) is 0 Å². The van der Waals surface area contributed by atoms with Crippen LogP contribution in [0.15, 0.2) is 36.4 Å². The SMILES string of the molecule is CCCCCCCCCCCCCCCCC1(CCCCCCCCCCCCCCCC)c2cc3c(cc2-c2c1cc(C)c1nsnc21)C(CCCCCCCCCCCCCCCC)(CCCCCCCCCCCCCCCC)c1cc(-c2cc(CCCCCC)c(-c4nc5sc(-c6sc(C)cc6CCCCCC)nc5s4)s2)c2nsnc2c1-3. The maximum Gasteiger partial charge on any atom is 0.155 e. The summed E-state index contributed by atoms with van der Waals surface area (Å²) in [6, 6.07) is 16.3. The van der Waals surface area contributed by atoms with Gasteiger partial charge in [0.2, 0.25) is 0 Å². The number of hydrogen-bond donors (Lipinski definition) is 0. The summed E-state index contributed by atoms with van der Waals surface area (Å²) in [4.78, 5) is 18.7. The molecule has 12 heteroatoms. The van der Waals surface area contributed by atoms with E-state index < -0.39 is 0 Å². The Balaban J connectivity index is 0.972. The van der Waals surface area contributed by atoms with E-state index in [1.165, 1.54) is 517 Å². The highest BCUT2D eigenvalue weighted by Gasteiger charge is 2.50. The van der Waals surface area contributed by atoms with Crippen molar-refractivity contribution in [2.75, 3.05) is 0 Å². The number of unbranched alkanes of at least 4 members (excludes halogenated alkanes) is 58. The first-order chi connectivity index (χ1) is 60.2. The normalized spacial score (nSPS) is 13.4. The summed E-state index contributed by atoms with van der Waals surface area (Å²) in [5.41, 5.74) is 21.9. The predicted octanol–water partition coefficient (Wildman–Crippen LogP) is 39.8. The molecule has 2 aliphatic carbocycles. The zero-order chi connectivity index (χ0) is 85.1. The smallest absolute Gasteiger partial charge is 0.155 e. The zero-order valence-electron chi connectivity index (χ0n) is 79.1. The van der Waals surface area contributed by atoms with Crippen molar-refractivity contribution in [2.45, 2.75) is 516 Å². The van der Waals surface area contributed by atoms with Crippen molar-refractivity contribution < 1.29 is 0 Å². The average molecular weight is 1770 g/mol. The van der Waals surface area contributed by atoms with E-state index in [0.717, 1.165) is 61.9 Å². The molecule has 6 aromatic heterocycles. The van der Waals surface area contributed by atoms with E-state index in [4.69, 9.17) is 27.5 Å². The van der Waals surface area contributed by atoms with Gasteiger partial charge >= 0.3 is 0 Å². The molecular weight excluding hydrogens is 1600 g/mol. The van der Waals surface area contributed by atoms with Gasteiger partial charge in [0.1, 0.15) is 32.1 Å². The Kier molecular flexibility index (Phi) is 45.3. The zero-order valence-corrected chi connectivity index (χ0v) is 84.0. The number of rotatable bonds is 73. The molecule has 0 bridgehead atoms. The van der Waals surface area contributed by atoms with Crippen molar-refractivity contribution in [3.8, 4) is 52.5 Å². The highest BCUT2D eigenvalue weighted by atomic mass is 32.1. The van der Waals surface area contributed by atoms with E-state index >= 15 is 0 Å². The summed E-state index contributed by atoms with van der Waals surface area (Å²) < 4.78 is 21.9. The van der Waals surface area contributed by atoms with Crippen LogP contribution in [0.2, 0.25) is 0 Å². The van der Waals surface area contributed by atoms with Crippen LogP contribution in [0.25, 0.3) is 84.2 Å². The van der Waals surface area contributed by atoms with Gasteiger partial charge in [0, 0.05) is 37.3 Å². The molecule has 11 rings (SSSR count). The number of nitrogens with zero attached hydrogens (tertiary/aromatic N) is 6. The van der Waals surface area contributed by atoms with Crippen LogP contribution in [0.3, 0.4) is 0 Å². The lowest BCUT2D eigenvalue weighted by atomic mass is 9.68. The molecule has 9 aromatic rings. The minimum atomic E-state index is -0.193. The first kappa shape index (κ1) is 98.8. The molecule has 0 aliphatic heterocycles. The molecular formula is C110H170N6S6. The molecule has 0 atom stereocenters. The third kappa shape index (κ3) is 28.6. The summed E-state index contributed by atoms with van der Waals surface area (Å²) in [6.07, 6.45) is 94.2. The van der Waals surface area contributed by atoms with Crippen LogP contribution >= 0.6 is 68.8 Å². The van der Waals surface area contributed by atoms with E-state index in [-0.39, 0.29) is 10.8 Å². The largest absolute Gasteiger partial charge is 0.222 e. The molecule has 676 valence electrons. The standard InChI is InChI=1S/C110H170N6S6/c1-9-15-21-27-31-35-39-43-47-51-55-59-63-69-75-109(76-70-64-60-56-52-48-44-40-36-32-28-22-16-10-2)92-83-90-93(82-89(92)97-94(109)79-85(7)99-101(97)115-121-113-99)110(77-71-65-61-57-53-49-45-41-37-33-29-23-17-11-3,78-72-66-62-58-54-50-46-42-38-34-30-24-18-12-4)95-84-91(100-102(98(90)95)116-122-114-100)96-81-88(74-68-26-20-14-6)104(118-96)106-112-108-107(120-106)111-105(119-108)103-87(80-86(8)117-103)73-67-25-19-13-5/h79-84H,9-78H2,1-8H3. The maximum absolute atomic E-state index is 5.69. The van der Waals surface area contributed by atoms with Crippen molar-refractivity contribution in [3.63, 3.8) is 0 Å². The first-order valence-corrected chi connectivity index (χ1v) is 57.2. The molecule has 6 nitrogen and oxygen atoms in total. The van der Waals surface area contributed by atoms with Crippen LogP contribution in [0.5, 0.6) is 0 Å². The highest BCUT2D eigenvalue weighted by molar-refractivity contribution is 7.32. The van der Waals surface area contributed by atoms with Crippen LogP contribution < -0.4 is 0 Å². The summed E-state index contributed by atoms with van der Waals surface area (Å²) in [5.74, 6) is 0. The lowest BCUT2D eigenvalue weighted by Gasteiger charge is -2.35. The van der Waals surface area contributed by atoms with Crippen molar-refractivity contribution in [2.24, 2.45) is 0 Å². The quantitative estimate of drug-likeness (QED) is 0.0354. The minimum absolute atomic E-state index is 0.118. The van der Waals surface area contributed by atoms with Crippen molar-refractivity contribution in [1.29, 1.82) is 0 Å². The van der Waals surface area contributed by atoms with Gasteiger partial charge in [0.25, 0.3) is 0 Å². The lowest BCUT2D eigenvalue weighted by molar-refractivity contribution is 0.393. The second-order valence-corrected chi connectivity index (χ2v) is 44.1. The van der Waals surface area contributed by atoms with Crippen molar-refractivity contribution in [3.05, 3.63) is 80.2 Å². The van der Waals surface area contributed by atoms with Crippen LogP contribution in [0.1, 0.15) is 522 Å². The third-order valence-electron chi connectivity index (χ3n) is 28.8. The number of thiazole rings is 2. The molecule has 0 radical (unpaired) electrons. The molecule has 122 heavy (non-hydrogen) atoms. The molecule has 0 saturated heterocycles. The minimum Gasteiger partial charge on any atom is -0.222 e. The fourth-order valence-electron chi connectivity index (χ4n) is 21.6. The average Bonchev–Trinajstić information content (AvgIpc) is 1.52. The third-order valence-corrected chi connectivity index (χ3v) is 34.5. The monoisotopic (exact) mass is 1770 g/mol. The summed E-state index contributed by atoms with van der Waals surface area (Å²) in [7, 11) is 0. The Hall–Kier alpha value is -3.78. The molecule has 6 heterocycles. The Labute approximate surface area is 770 Å². The number of thiophene rings is 2. The Morgan fingerprint density at radius 3 is 0.861 bits per heavy atom. The number of benzene rings is 3. The van der Waals surface area contributed by atoms with Gasteiger partial charge in [-0.25, -0.2) is 9.97 Å². The van der Waals surface area contributed by atoms with E-state index in [2.05, 4.69) is 91.8 Å². The lowest BCUT2D eigenvalue weighted by Crippen LogP contribution is -2.27. The predicted molar refractivity (Wildman–Crippen MR) is 547 cm³/mol. The van der Waals surface area contributed by atoms with Gasteiger partial charge < -0.3 is 0 Å². The van der Waals surface area contributed by atoms with Gasteiger partial charge in [0.05, 0.1) is 33.2 Å². The molecule has 3 aromatic carbocycles. The van der Waals surface area contributed by atoms with Gasteiger partial charge in [-0.05, 0) is 146 Å². The van der Waals surface area contributed by atoms with Crippen molar-refractivity contribution in [1.82, 2.24) is 27.5 Å². The maximum atomic E-state index is 5.69. The Morgan fingerprint density at radius 1 is 0.246 bits per heavy atom. The van der Waals surface area contributed by atoms with E-state index in [1.54, 1.807) is 22.3 Å². The van der Waals surface area contributed by atoms with Gasteiger partial charge in [-0.1, -0.05) is 468 Å². The van der Waals surface area contributed by atoms with Crippen molar-refractivity contribution >= 4 is 101 Å². The molecule has 0 amide bonds. The van der Waals surface area contributed by atoms with Crippen LogP contribution in [-0.2, 0) is 23.7 Å². The number of hydrogen-bond acceptors (Lipinski definition) is 12. The fraction of sp³-hybridized carbons (Fsp3) is 0.727. The van der Waals surface area contributed by atoms with Gasteiger partial charge in [-0.2, -0.15) is 17.5 Å². The molecule has 0 spiro atoms.